The van der Waals surface area contributed by atoms with E-state index in [-0.39, 0.29) is 18.4 Å². The summed E-state index contributed by atoms with van der Waals surface area (Å²) >= 11 is 5.99. The van der Waals surface area contributed by atoms with Crippen LogP contribution < -0.4 is 15.4 Å². The number of para-hydroxylation sites is 1. The molecule has 0 bridgehead atoms. The minimum Gasteiger partial charge on any atom is -0.497 e. The van der Waals surface area contributed by atoms with Crippen molar-refractivity contribution in [2.45, 2.75) is 6.54 Å². The maximum atomic E-state index is 12.8. The third kappa shape index (κ3) is 4.67. The molecule has 4 rings (SSSR count). The zero-order valence-corrected chi connectivity index (χ0v) is 17.4. The van der Waals surface area contributed by atoms with E-state index in [1.165, 1.54) is 0 Å². The highest BCUT2D eigenvalue weighted by Crippen LogP contribution is 2.18. The third-order valence-electron chi connectivity index (χ3n) is 4.67. The van der Waals surface area contributed by atoms with Gasteiger partial charge in [-0.3, -0.25) is 9.59 Å². The van der Waals surface area contributed by atoms with Crippen molar-refractivity contribution >= 4 is 34.7 Å². The number of amides is 2. The van der Waals surface area contributed by atoms with Crippen LogP contribution in [-0.2, 0) is 6.54 Å². The normalized spacial score (nSPS) is 10.6. The zero-order valence-electron chi connectivity index (χ0n) is 16.6. The summed E-state index contributed by atoms with van der Waals surface area (Å²) in [6.45, 7) is 0.235. The standard InChI is InChI=1S/C23H19ClN4O3/c1-31-18-9-6-15(7-10-18)22(29)27-20-5-3-2-4-19(20)23(30)25-12-17-14-28-13-16(24)8-11-21(28)26-17/h2-11,13-14H,12H2,1H3,(H,25,30)(H,27,29). The van der Waals surface area contributed by atoms with Crippen molar-refractivity contribution in [2.24, 2.45) is 0 Å². The third-order valence-corrected chi connectivity index (χ3v) is 4.89. The Morgan fingerprint density at radius 2 is 1.77 bits per heavy atom. The molecule has 0 unspecified atom stereocenters. The second-order valence-corrected chi connectivity index (χ2v) is 7.19. The maximum Gasteiger partial charge on any atom is 0.255 e. The SMILES string of the molecule is COc1ccc(C(=O)Nc2ccccc2C(=O)NCc2cn3cc(Cl)ccc3n2)cc1. The van der Waals surface area contributed by atoms with Gasteiger partial charge in [-0.2, -0.15) is 0 Å². The summed E-state index contributed by atoms with van der Waals surface area (Å²) < 4.78 is 6.91. The maximum absolute atomic E-state index is 12.8. The fourth-order valence-corrected chi connectivity index (χ4v) is 3.26. The molecule has 156 valence electrons. The number of carbonyl (C=O) groups excluding carboxylic acids is 2. The first kappa shape index (κ1) is 20.4. The molecule has 0 atom stereocenters. The molecule has 0 aliphatic rings. The van der Waals surface area contributed by atoms with E-state index in [1.807, 2.05) is 0 Å². The molecule has 2 aromatic heterocycles. The number of carbonyl (C=O) groups is 2. The number of anilines is 1. The summed E-state index contributed by atoms with van der Waals surface area (Å²) in [6, 6.07) is 17.1. The molecule has 0 spiro atoms. The van der Waals surface area contributed by atoms with Gasteiger partial charge >= 0.3 is 0 Å². The predicted octanol–water partition coefficient (Wildman–Crippen LogP) is 4.18. The highest BCUT2D eigenvalue weighted by molar-refractivity contribution is 6.30. The molecular weight excluding hydrogens is 416 g/mol. The second-order valence-electron chi connectivity index (χ2n) is 6.76. The Morgan fingerprint density at radius 1 is 1.00 bits per heavy atom. The van der Waals surface area contributed by atoms with Crippen molar-refractivity contribution in [1.82, 2.24) is 14.7 Å². The molecule has 2 N–H and O–H groups in total. The van der Waals surface area contributed by atoms with Gasteiger partial charge in [-0.05, 0) is 48.5 Å². The number of nitrogens with one attached hydrogen (secondary N) is 2. The number of ether oxygens (including phenoxy) is 1. The van der Waals surface area contributed by atoms with Crippen LogP contribution in [0, 0.1) is 0 Å². The van der Waals surface area contributed by atoms with Crippen LogP contribution in [0.1, 0.15) is 26.4 Å². The van der Waals surface area contributed by atoms with Crippen molar-refractivity contribution in [2.75, 3.05) is 12.4 Å². The number of rotatable bonds is 6. The molecule has 0 aliphatic carbocycles. The quantitative estimate of drug-likeness (QED) is 0.476. The van der Waals surface area contributed by atoms with Crippen LogP contribution in [0.25, 0.3) is 5.65 Å². The number of imidazole rings is 1. The highest BCUT2D eigenvalue weighted by atomic mass is 35.5. The molecule has 2 aromatic carbocycles. The van der Waals surface area contributed by atoms with Crippen LogP contribution in [0.2, 0.25) is 5.02 Å². The predicted molar refractivity (Wildman–Crippen MR) is 119 cm³/mol. The lowest BCUT2D eigenvalue weighted by Gasteiger charge is -2.11. The lowest BCUT2D eigenvalue weighted by Crippen LogP contribution is -2.25. The molecule has 2 heterocycles. The summed E-state index contributed by atoms with van der Waals surface area (Å²) in [4.78, 5) is 29.8. The van der Waals surface area contributed by atoms with Gasteiger partial charge in [0, 0.05) is 18.0 Å². The Morgan fingerprint density at radius 3 is 2.55 bits per heavy atom. The van der Waals surface area contributed by atoms with Crippen molar-refractivity contribution < 1.29 is 14.3 Å². The van der Waals surface area contributed by atoms with Gasteiger partial charge in [0.2, 0.25) is 0 Å². The smallest absolute Gasteiger partial charge is 0.255 e. The first-order valence-electron chi connectivity index (χ1n) is 9.49. The summed E-state index contributed by atoms with van der Waals surface area (Å²) in [6.07, 6.45) is 3.55. The molecule has 0 fully saturated rings. The van der Waals surface area contributed by atoms with Crippen molar-refractivity contribution in [3.63, 3.8) is 0 Å². The molecule has 2 amide bonds. The average Bonchev–Trinajstić information content (AvgIpc) is 3.20. The Balaban J connectivity index is 1.46. The van der Waals surface area contributed by atoms with Crippen molar-refractivity contribution in [3.8, 4) is 5.75 Å². The number of benzene rings is 2. The largest absolute Gasteiger partial charge is 0.497 e. The van der Waals surface area contributed by atoms with Gasteiger partial charge in [-0.25, -0.2) is 4.98 Å². The van der Waals surface area contributed by atoms with Crippen molar-refractivity contribution in [1.29, 1.82) is 0 Å². The number of fused-ring (bicyclic) bond motifs is 1. The Labute approximate surface area is 183 Å². The summed E-state index contributed by atoms with van der Waals surface area (Å²) in [5.41, 5.74) is 2.66. The van der Waals surface area contributed by atoms with Gasteiger partial charge in [-0.15, -0.1) is 0 Å². The molecule has 4 aromatic rings. The summed E-state index contributed by atoms with van der Waals surface area (Å²) in [5, 5.41) is 6.24. The van der Waals surface area contributed by atoms with Crippen LogP contribution in [0.5, 0.6) is 5.75 Å². The van der Waals surface area contributed by atoms with E-state index in [1.54, 1.807) is 84.6 Å². The van der Waals surface area contributed by atoms with Crippen LogP contribution in [0.15, 0.2) is 73.1 Å². The van der Waals surface area contributed by atoms with Crippen LogP contribution in [-0.4, -0.2) is 28.3 Å². The minimum atomic E-state index is -0.319. The molecule has 0 saturated carbocycles. The molecule has 8 heteroatoms. The molecule has 31 heavy (non-hydrogen) atoms. The zero-order chi connectivity index (χ0) is 21.8. The first-order valence-corrected chi connectivity index (χ1v) is 9.87. The highest BCUT2D eigenvalue weighted by Gasteiger charge is 2.14. The topological polar surface area (TPSA) is 84.7 Å². The monoisotopic (exact) mass is 434 g/mol. The second kappa shape index (κ2) is 8.89. The van der Waals surface area contributed by atoms with Crippen LogP contribution in [0.4, 0.5) is 5.69 Å². The van der Waals surface area contributed by atoms with E-state index >= 15 is 0 Å². The van der Waals surface area contributed by atoms with Crippen LogP contribution >= 0.6 is 11.6 Å². The van der Waals surface area contributed by atoms with Gasteiger partial charge in [0.05, 0.1) is 35.6 Å². The number of aromatic nitrogens is 2. The lowest BCUT2D eigenvalue weighted by molar-refractivity contribution is 0.0951. The fourth-order valence-electron chi connectivity index (χ4n) is 3.10. The van der Waals surface area contributed by atoms with Gasteiger partial charge in [-0.1, -0.05) is 23.7 Å². The molecular formula is C23H19ClN4O3. The van der Waals surface area contributed by atoms with E-state index in [0.29, 0.717) is 33.3 Å². The van der Waals surface area contributed by atoms with Crippen LogP contribution in [0.3, 0.4) is 0 Å². The van der Waals surface area contributed by atoms with Gasteiger partial charge in [0.1, 0.15) is 11.4 Å². The summed E-state index contributed by atoms with van der Waals surface area (Å²) in [5.74, 6) is 0.0198. The number of hydrogen-bond donors (Lipinski definition) is 2. The number of halogens is 1. The molecule has 7 nitrogen and oxygen atoms in total. The van der Waals surface area contributed by atoms with E-state index < -0.39 is 0 Å². The number of pyridine rings is 1. The molecule has 0 radical (unpaired) electrons. The van der Waals surface area contributed by atoms with Gasteiger partial charge in [0.25, 0.3) is 11.8 Å². The Hall–Kier alpha value is -3.84. The van der Waals surface area contributed by atoms with Crippen molar-refractivity contribution in [3.05, 3.63) is 94.9 Å². The van der Waals surface area contributed by atoms with E-state index in [9.17, 15) is 9.59 Å². The van der Waals surface area contributed by atoms with E-state index in [0.717, 1.165) is 5.65 Å². The first-order chi connectivity index (χ1) is 15.0. The van der Waals surface area contributed by atoms with E-state index in [4.69, 9.17) is 16.3 Å². The number of nitrogens with zero attached hydrogens (tertiary/aromatic N) is 2. The lowest BCUT2D eigenvalue weighted by atomic mass is 10.1. The fraction of sp³-hybridized carbons (Fsp3) is 0.0870. The Bertz CT molecular complexity index is 1250. The van der Waals surface area contributed by atoms with Gasteiger partial charge < -0.3 is 19.8 Å². The Kier molecular flexibility index (Phi) is 5.86. The number of methoxy groups -OCH3 is 1. The van der Waals surface area contributed by atoms with E-state index in [2.05, 4.69) is 15.6 Å². The summed E-state index contributed by atoms with van der Waals surface area (Å²) in [7, 11) is 1.56. The molecule has 0 saturated heterocycles. The minimum absolute atomic E-state index is 0.235. The molecule has 0 aliphatic heterocycles. The number of hydrogen-bond acceptors (Lipinski definition) is 4. The van der Waals surface area contributed by atoms with Gasteiger partial charge in [0.15, 0.2) is 0 Å². The average molecular weight is 435 g/mol.